The van der Waals surface area contributed by atoms with Crippen molar-refractivity contribution in [3.63, 3.8) is 0 Å². The third kappa shape index (κ3) is 1.68. The Kier molecular flexibility index (Phi) is 3.05. The van der Waals surface area contributed by atoms with Gasteiger partial charge in [0.05, 0.1) is 13.2 Å². The maximum Gasteiger partial charge on any atom is 0.150 e. The zero-order valence-corrected chi connectivity index (χ0v) is 7.91. The van der Waals surface area contributed by atoms with Crippen LogP contribution in [0.1, 0.15) is 24.2 Å². The second-order valence-corrected chi connectivity index (χ2v) is 2.83. The van der Waals surface area contributed by atoms with Crippen LogP contribution in [0.25, 0.3) is 0 Å². The average molecular weight is 195 g/mol. The summed E-state index contributed by atoms with van der Waals surface area (Å²) in [5, 5.41) is 17.9. The maximum atomic E-state index is 13.5. The highest BCUT2D eigenvalue weighted by molar-refractivity contribution is 5.47. The molecule has 0 amide bonds. The Morgan fingerprint density at radius 2 is 2.21 bits per heavy atom. The highest BCUT2D eigenvalue weighted by Crippen LogP contribution is 2.26. The number of nitriles is 1. The molecule has 0 fully saturated rings. The molecular formula is C10H10FNO2. The number of rotatable bonds is 2. The van der Waals surface area contributed by atoms with Gasteiger partial charge in [-0.3, -0.25) is 0 Å². The highest BCUT2D eigenvalue weighted by atomic mass is 19.1. The predicted molar refractivity (Wildman–Crippen MR) is 48.3 cm³/mol. The van der Waals surface area contributed by atoms with E-state index >= 15 is 0 Å². The Morgan fingerprint density at radius 3 is 2.64 bits per heavy atom. The van der Waals surface area contributed by atoms with E-state index in [1.54, 1.807) is 6.07 Å². The number of nitrogens with zero attached hydrogens (tertiary/aromatic N) is 1. The van der Waals surface area contributed by atoms with Crippen molar-refractivity contribution < 1.29 is 14.2 Å². The van der Waals surface area contributed by atoms with Gasteiger partial charge in [0.1, 0.15) is 17.4 Å². The van der Waals surface area contributed by atoms with Gasteiger partial charge in [0.25, 0.3) is 0 Å². The molecule has 1 N–H and O–H groups in total. The smallest absolute Gasteiger partial charge is 0.150 e. The van der Waals surface area contributed by atoms with Gasteiger partial charge in [0.15, 0.2) is 5.82 Å². The van der Waals surface area contributed by atoms with Gasteiger partial charge in [-0.05, 0) is 19.1 Å². The molecule has 1 atom stereocenters. The lowest BCUT2D eigenvalue weighted by Crippen LogP contribution is -2.00. The van der Waals surface area contributed by atoms with Crippen LogP contribution in [0.15, 0.2) is 12.1 Å². The number of halogens is 1. The fourth-order valence-electron chi connectivity index (χ4n) is 1.17. The molecule has 3 nitrogen and oxygen atoms in total. The molecule has 1 aromatic rings. The summed E-state index contributed by atoms with van der Waals surface area (Å²) in [5.74, 6) is -0.545. The number of benzene rings is 1. The van der Waals surface area contributed by atoms with E-state index in [0.717, 1.165) is 0 Å². The van der Waals surface area contributed by atoms with E-state index in [1.165, 1.54) is 26.2 Å². The molecule has 14 heavy (non-hydrogen) atoms. The number of hydrogen-bond donors (Lipinski definition) is 1. The summed E-state index contributed by atoms with van der Waals surface area (Å²) in [4.78, 5) is 0. The van der Waals surface area contributed by atoms with Gasteiger partial charge in [-0.1, -0.05) is 0 Å². The standard InChI is InChI=1S/C10H10FNO2/c1-6(13)7-3-4-9(14-2)8(5-12)10(7)11/h3-4,6,13H,1-2H3. The third-order valence-electron chi connectivity index (χ3n) is 1.92. The normalized spacial score (nSPS) is 11.9. The van der Waals surface area contributed by atoms with Crippen LogP contribution in [0.4, 0.5) is 4.39 Å². The minimum atomic E-state index is -0.937. The van der Waals surface area contributed by atoms with E-state index in [1.807, 2.05) is 0 Å². The summed E-state index contributed by atoms with van der Waals surface area (Å²) in [6, 6.07) is 4.56. The van der Waals surface area contributed by atoms with E-state index in [9.17, 15) is 9.50 Å². The molecule has 74 valence electrons. The largest absolute Gasteiger partial charge is 0.495 e. The van der Waals surface area contributed by atoms with Gasteiger partial charge in [0, 0.05) is 5.56 Å². The van der Waals surface area contributed by atoms with Crippen LogP contribution in [0.5, 0.6) is 5.75 Å². The molecule has 1 unspecified atom stereocenters. The summed E-state index contributed by atoms with van der Waals surface area (Å²) in [6.45, 7) is 1.44. The molecule has 0 radical (unpaired) electrons. The van der Waals surface area contributed by atoms with Crippen molar-refractivity contribution in [2.75, 3.05) is 7.11 Å². The van der Waals surface area contributed by atoms with Crippen LogP contribution in [0.2, 0.25) is 0 Å². The number of hydrogen-bond acceptors (Lipinski definition) is 3. The maximum absolute atomic E-state index is 13.5. The van der Waals surface area contributed by atoms with E-state index in [4.69, 9.17) is 10.00 Å². The SMILES string of the molecule is COc1ccc(C(C)O)c(F)c1C#N. The zero-order valence-electron chi connectivity index (χ0n) is 7.91. The van der Waals surface area contributed by atoms with Gasteiger partial charge in [-0.2, -0.15) is 5.26 Å². The summed E-state index contributed by atoms with van der Waals surface area (Å²) >= 11 is 0. The lowest BCUT2D eigenvalue weighted by molar-refractivity contribution is 0.194. The molecule has 0 bridgehead atoms. The van der Waals surface area contributed by atoms with Crippen molar-refractivity contribution in [2.24, 2.45) is 0 Å². The van der Waals surface area contributed by atoms with Gasteiger partial charge in [-0.15, -0.1) is 0 Å². The Bertz CT molecular complexity index is 382. The molecule has 0 saturated carbocycles. The van der Waals surface area contributed by atoms with Gasteiger partial charge in [-0.25, -0.2) is 4.39 Å². The lowest BCUT2D eigenvalue weighted by atomic mass is 10.1. The van der Waals surface area contributed by atoms with Crippen molar-refractivity contribution in [3.05, 3.63) is 29.1 Å². The molecule has 0 aromatic heterocycles. The topological polar surface area (TPSA) is 53.2 Å². The van der Waals surface area contributed by atoms with E-state index in [0.29, 0.717) is 0 Å². The molecule has 0 saturated heterocycles. The predicted octanol–water partition coefficient (Wildman–Crippen LogP) is 1.76. The number of ether oxygens (including phenoxy) is 1. The van der Waals surface area contributed by atoms with Crippen molar-refractivity contribution >= 4 is 0 Å². The molecule has 0 heterocycles. The monoisotopic (exact) mass is 195 g/mol. The summed E-state index contributed by atoms with van der Waals surface area (Å²) in [5.41, 5.74) is -0.0757. The zero-order chi connectivity index (χ0) is 10.7. The van der Waals surface area contributed by atoms with Gasteiger partial charge in [0.2, 0.25) is 0 Å². The van der Waals surface area contributed by atoms with Crippen LogP contribution in [-0.2, 0) is 0 Å². The first-order chi connectivity index (χ1) is 6.61. The fourth-order valence-corrected chi connectivity index (χ4v) is 1.17. The molecule has 0 aliphatic heterocycles. The van der Waals surface area contributed by atoms with Crippen molar-refractivity contribution in [2.45, 2.75) is 13.0 Å². The molecule has 0 aliphatic carbocycles. The van der Waals surface area contributed by atoms with Crippen LogP contribution in [0.3, 0.4) is 0 Å². The highest BCUT2D eigenvalue weighted by Gasteiger charge is 2.16. The second-order valence-electron chi connectivity index (χ2n) is 2.83. The summed E-state index contributed by atoms with van der Waals surface area (Å²) < 4.78 is 18.3. The number of aliphatic hydroxyl groups is 1. The molecule has 1 rings (SSSR count). The van der Waals surface area contributed by atoms with Gasteiger partial charge < -0.3 is 9.84 Å². The number of aliphatic hydroxyl groups excluding tert-OH is 1. The fraction of sp³-hybridized carbons (Fsp3) is 0.300. The quantitative estimate of drug-likeness (QED) is 0.782. The molecule has 1 aromatic carbocycles. The summed E-state index contributed by atoms with van der Waals surface area (Å²) in [6.07, 6.45) is -0.937. The van der Waals surface area contributed by atoms with E-state index in [-0.39, 0.29) is 16.9 Å². The van der Waals surface area contributed by atoms with Crippen LogP contribution in [-0.4, -0.2) is 12.2 Å². The first-order valence-electron chi connectivity index (χ1n) is 4.06. The first-order valence-corrected chi connectivity index (χ1v) is 4.06. The molecule has 4 heteroatoms. The van der Waals surface area contributed by atoms with Crippen LogP contribution < -0.4 is 4.74 Å². The summed E-state index contributed by atoms with van der Waals surface area (Å²) in [7, 11) is 1.36. The van der Waals surface area contributed by atoms with Crippen LogP contribution in [0, 0.1) is 17.1 Å². The first kappa shape index (κ1) is 10.5. The van der Waals surface area contributed by atoms with E-state index in [2.05, 4.69) is 0 Å². The second kappa shape index (κ2) is 4.07. The van der Waals surface area contributed by atoms with Gasteiger partial charge >= 0.3 is 0 Å². The number of methoxy groups -OCH3 is 1. The molecule has 0 spiro atoms. The Balaban J connectivity index is 3.37. The average Bonchev–Trinajstić information content (AvgIpc) is 2.16. The molecular weight excluding hydrogens is 185 g/mol. The van der Waals surface area contributed by atoms with E-state index < -0.39 is 11.9 Å². The third-order valence-corrected chi connectivity index (χ3v) is 1.92. The Hall–Kier alpha value is -1.60. The Morgan fingerprint density at radius 1 is 1.57 bits per heavy atom. The van der Waals surface area contributed by atoms with Crippen molar-refractivity contribution in [1.82, 2.24) is 0 Å². The lowest BCUT2D eigenvalue weighted by Gasteiger charge is -2.09. The Labute approximate surface area is 81.4 Å². The van der Waals surface area contributed by atoms with Crippen molar-refractivity contribution in [3.8, 4) is 11.8 Å². The molecule has 0 aliphatic rings. The van der Waals surface area contributed by atoms with Crippen molar-refractivity contribution in [1.29, 1.82) is 5.26 Å². The van der Waals surface area contributed by atoms with Crippen LogP contribution >= 0.6 is 0 Å². The minimum Gasteiger partial charge on any atom is -0.495 e. The minimum absolute atomic E-state index is 0.0994.